The fraction of sp³-hybridized carbons (Fsp3) is 0.641. The Hall–Kier alpha value is -2.55. The number of allylic oxidation sites excluding steroid dienone is 10. The minimum absolute atomic E-state index is 0.144. The molecule has 1 unspecified atom stereocenters. The first kappa shape index (κ1) is 46.5. The number of aliphatic hydroxyl groups is 1. The maximum absolute atomic E-state index is 12.3. The van der Waals surface area contributed by atoms with Gasteiger partial charge in [-0.15, -0.1) is 0 Å². The standard InChI is InChI=1S/C39H65O9P/c1-3-5-7-8-9-10-11-12-13-14-15-18-22-25-29-33-39(42)48-37(35-47-49(43,44)45)34-46-38(41)32-28-24-21-19-16-17-20-23-27-31-36(40)30-26-6-4-2/h6,9-10,12-13,15,18,20,23,26-27,31,36-37,40H,3-5,7-8,11,14,16-17,19,21-22,24-25,28-30,32-35H2,1-2H3,(H2,43,44,45)/b10-9-,13-12-,18-15-,23-20+,26-6+,31-27+/t36?,37-/m1/s1. The average molecular weight is 709 g/mol. The lowest BCUT2D eigenvalue weighted by Crippen LogP contribution is -2.29. The zero-order valence-electron chi connectivity index (χ0n) is 30.2. The van der Waals surface area contributed by atoms with Gasteiger partial charge in [0.25, 0.3) is 0 Å². The van der Waals surface area contributed by atoms with Crippen LogP contribution in [0.1, 0.15) is 136 Å². The number of ether oxygens (including phenoxy) is 2. The van der Waals surface area contributed by atoms with Crippen molar-refractivity contribution in [3.63, 3.8) is 0 Å². The molecule has 0 aliphatic carbocycles. The zero-order valence-corrected chi connectivity index (χ0v) is 31.1. The highest BCUT2D eigenvalue weighted by molar-refractivity contribution is 7.46. The Morgan fingerprint density at radius 2 is 1.22 bits per heavy atom. The number of hydrogen-bond donors (Lipinski definition) is 3. The number of carbonyl (C=O) groups excluding carboxylic acids is 2. The molecule has 49 heavy (non-hydrogen) atoms. The summed E-state index contributed by atoms with van der Waals surface area (Å²) in [6.45, 7) is 3.36. The van der Waals surface area contributed by atoms with E-state index in [1.165, 1.54) is 19.3 Å². The minimum Gasteiger partial charge on any atom is -0.462 e. The van der Waals surface area contributed by atoms with E-state index in [9.17, 15) is 19.3 Å². The second-order valence-electron chi connectivity index (χ2n) is 12.0. The number of esters is 2. The molecule has 0 saturated heterocycles. The summed E-state index contributed by atoms with van der Waals surface area (Å²) in [7, 11) is -4.78. The lowest BCUT2D eigenvalue weighted by Gasteiger charge is -2.18. The van der Waals surface area contributed by atoms with Crippen LogP contribution in [0.2, 0.25) is 0 Å². The molecule has 0 amide bonds. The predicted octanol–water partition coefficient (Wildman–Crippen LogP) is 9.70. The molecule has 9 nitrogen and oxygen atoms in total. The second kappa shape index (κ2) is 33.9. The summed E-state index contributed by atoms with van der Waals surface area (Å²) in [5.41, 5.74) is 0. The number of phosphoric ester groups is 1. The van der Waals surface area contributed by atoms with Gasteiger partial charge in [0.05, 0.1) is 12.7 Å². The number of carbonyl (C=O) groups is 2. The lowest BCUT2D eigenvalue weighted by atomic mass is 10.1. The van der Waals surface area contributed by atoms with Crippen LogP contribution in [0.25, 0.3) is 0 Å². The van der Waals surface area contributed by atoms with E-state index in [-0.39, 0.29) is 19.4 Å². The molecule has 0 fully saturated rings. The Morgan fingerprint density at radius 3 is 1.90 bits per heavy atom. The summed E-state index contributed by atoms with van der Waals surface area (Å²) < 4.78 is 26.2. The first-order chi connectivity index (χ1) is 23.7. The molecule has 0 aromatic heterocycles. The lowest BCUT2D eigenvalue weighted by molar-refractivity contribution is -0.161. The number of aliphatic hydroxyl groups excluding tert-OH is 1. The monoisotopic (exact) mass is 708 g/mol. The Bertz CT molecular complexity index is 1040. The number of unbranched alkanes of at least 4 members (excludes halogenated alkanes) is 10. The predicted molar refractivity (Wildman–Crippen MR) is 199 cm³/mol. The largest absolute Gasteiger partial charge is 0.469 e. The van der Waals surface area contributed by atoms with Crippen LogP contribution in [0.4, 0.5) is 0 Å². The highest BCUT2D eigenvalue weighted by Crippen LogP contribution is 2.35. The SMILES string of the molecule is CC/C=C/CC(O)/C=C/C=C/CCCCCCCC(=O)OC[C@H](COP(=O)(O)O)OC(=O)CCCC/C=C\C/C=C\C/C=C\CCCCC. The maximum atomic E-state index is 12.3. The summed E-state index contributed by atoms with van der Waals surface area (Å²) in [4.78, 5) is 42.6. The van der Waals surface area contributed by atoms with Gasteiger partial charge in [-0.2, -0.15) is 0 Å². The molecule has 0 aromatic rings. The fourth-order valence-electron chi connectivity index (χ4n) is 4.53. The van der Waals surface area contributed by atoms with Gasteiger partial charge in [0, 0.05) is 12.8 Å². The van der Waals surface area contributed by atoms with Crippen LogP contribution in [0.15, 0.2) is 72.9 Å². The highest BCUT2D eigenvalue weighted by atomic mass is 31.2. The van der Waals surface area contributed by atoms with Crippen molar-refractivity contribution in [1.29, 1.82) is 0 Å². The van der Waals surface area contributed by atoms with Crippen LogP contribution < -0.4 is 0 Å². The van der Waals surface area contributed by atoms with E-state index in [0.717, 1.165) is 70.6 Å². The number of hydrogen-bond acceptors (Lipinski definition) is 7. The Morgan fingerprint density at radius 1 is 0.653 bits per heavy atom. The van der Waals surface area contributed by atoms with Gasteiger partial charge in [-0.05, 0) is 77.0 Å². The smallest absolute Gasteiger partial charge is 0.462 e. The average Bonchev–Trinajstić information content (AvgIpc) is 3.06. The van der Waals surface area contributed by atoms with Gasteiger partial charge < -0.3 is 24.4 Å². The molecule has 0 rings (SSSR count). The maximum Gasteiger partial charge on any atom is 0.469 e. The summed E-state index contributed by atoms with van der Waals surface area (Å²) in [5.74, 6) is -0.992. The van der Waals surface area contributed by atoms with Crippen LogP contribution in [-0.4, -0.2) is 52.3 Å². The molecule has 0 aromatic carbocycles. The summed E-state index contributed by atoms with van der Waals surface area (Å²) in [5, 5.41) is 9.82. The molecule has 0 radical (unpaired) electrons. The van der Waals surface area contributed by atoms with Gasteiger partial charge in [0.2, 0.25) is 0 Å². The molecule has 0 aliphatic rings. The first-order valence-corrected chi connectivity index (χ1v) is 19.9. The Labute approximate surface area is 296 Å². The van der Waals surface area contributed by atoms with Gasteiger partial charge in [-0.1, -0.05) is 119 Å². The van der Waals surface area contributed by atoms with E-state index in [4.69, 9.17) is 19.3 Å². The van der Waals surface area contributed by atoms with Crippen molar-refractivity contribution >= 4 is 19.8 Å². The van der Waals surface area contributed by atoms with E-state index in [2.05, 4.69) is 60.9 Å². The minimum atomic E-state index is -4.78. The van der Waals surface area contributed by atoms with Crippen molar-refractivity contribution in [2.45, 2.75) is 148 Å². The first-order valence-electron chi connectivity index (χ1n) is 18.3. The van der Waals surface area contributed by atoms with Gasteiger partial charge >= 0.3 is 19.8 Å². The molecule has 0 spiro atoms. The highest BCUT2D eigenvalue weighted by Gasteiger charge is 2.22. The van der Waals surface area contributed by atoms with Crippen molar-refractivity contribution in [3.05, 3.63) is 72.9 Å². The number of rotatable bonds is 32. The normalized spacial score (nSPS) is 14.0. The summed E-state index contributed by atoms with van der Waals surface area (Å²) in [6.07, 6.45) is 39.5. The van der Waals surface area contributed by atoms with E-state index in [1.54, 1.807) is 6.08 Å². The van der Waals surface area contributed by atoms with E-state index < -0.39 is 38.6 Å². The van der Waals surface area contributed by atoms with Crippen LogP contribution >= 0.6 is 7.82 Å². The van der Waals surface area contributed by atoms with Gasteiger partial charge in [0.1, 0.15) is 6.61 Å². The molecule has 0 heterocycles. The van der Waals surface area contributed by atoms with Crippen LogP contribution in [0.3, 0.4) is 0 Å². The Balaban J connectivity index is 4.14. The number of phosphoric acid groups is 1. The van der Waals surface area contributed by atoms with Crippen molar-refractivity contribution in [2.24, 2.45) is 0 Å². The third-order valence-electron chi connectivity index (χ3n) is 7.29. The van der Waals surface area contributed by atoms with E-state index in [0.29, 0.717) is 19.3 Å². The molecule has 0 saturated carbocycles. The zero-order chi connectivity index (χ0) is 36.3. The van der Waals surface area contributed by atoms with E-state index >= 15 is 0 Å². The van der Waals surface area contributed by atoms with Crippen LogP contribution in [0, 0.1) is 0 Å². The second-order valence-corrected chi connectivity index (χ2v) is 13.2. The van der Waals surface area contributed by atoms with Gasteiger partial charge in [0.15, 0.2) is 6.10 Å². The van der Waals surface area contributed by atoms with Crippen molar-refractivity contribution in [3.8, 4) is 0 Å². The van der Waals surface area contributed by atoms with E-state index in [1.807, 2.05) is 24.3 Å². The molecule has 0 bridgehead atoms. The third kappa shape index (κ3) is 36.6. The molecule has 10 heteroatoms. The molecular weight excluding hydrogens is 643 g/mol. The molecule has 280 valence electrons. The van der Waals surface area contributed by atoms with Crippen LogP contribution in [-0.2, 0) is 28.2 Å². The third-order valence-corrected chi connectivity index (χ3v) is 7.77. The van der Waals surface area contributed by atoms with Gasteiger partial charge in [-0.3, -0.25) is 14.1 Å². The van der Waals surface area contributed by atoms with Crippen molar-refractivity contribution < 1.29 is 43.0 Å². The Kier molecular flexibility index (Phi) is 32.2. The topological polar surface area (TPSA) is 140 Å². The van der Waals surface area contributed by atoms with Crippen molar-refractivity contribution in [1.82, 2.24) is 0 Å². The molecule has 0 aliphatic heterocycles. The summed E-state index contributed by atoms with van der Waals surface area (Å²) >= 11 is 0. The van der Waals surface area contributed by atoms with Gasteiger partial charge in [-0.25, -0.2) is 4.57 Å². The van der Waals surface area contributed by atoms with Crippen molar-refractivity contribution in [2.75, 3.05) is 13.2 Å². The quantitative estimate of drug-likeness (QED) is 0.0205. The van der Waals surface area contributed by atoms with Crippen LogP contribution in [0.5, 0.6) is 0 Å². The molecule has 3 N–H and O–H groups in total. The molecule has 2 atom stereocenters. The fourth-order valence-corrected chi connectivity index (χ4v) is 4.89. The molecular formula is C39H65O9P. The summed E-state index contributed by atoms with van der Waals surface area (Å²) in [6, 6.07) is 0.